The number of aliphatic hydroxyl groups is 1. The third-order valence-corrected chi connectivity index (χ3v) is 2.80. The fraction of sp³-hybridized carbons (Fsp3) is 1.00. The van der Waals surface area contributed by atoms with Crippen molar-refractivity contribution in [3.8, 4) is 0 Å². The zero-order valence-electron chi connectivity index (χ0n) is 8.34. The van der Waals surface area contributed by atoms with Crippen LogP contribution in [0.5, 0.6) is 0 Å². The van der Waals surface area contributed by atoms with Crippen LogP contribution in [-0.4, -0.2) is 35.3 Å². The molecule has 74 valence electrons. The third-order valence-electron chi connectivity index (χ3n) is 1.53. The average Bonchev–Trinajstić information content (AvgIpc) is 2.05. The summed E-state index contributed by atoms with van der Waals surface area (Å²) in [6.07, 6.45) is 1.13. The van der Waals surface area contributed by atoms with Crippen LogP contribution in [0.15, 0.2) is 0 Å². The Morgan fingerprint density at radius 1 is 1.42 bits per heavy atom. The number of aliphatic hydroxyl groups excluding tert-OH is 1. The predicted octanol–water partition coefficient (Wildman–Crippen LogP) is 1.49. The Kier molecular flexibility index (Phi) is 8.07. The van der Waals surface area contributed by atoms with E-state index < -0.39 is 0 Å². The molecule has 0 rings (SSSR count). The van der Waals surface area contributed by atoms with Crippen molar-refractivity contribution in [2.24, 2.45) is 0 Å². The molecule has 0 aliphatic carbocycles. The molecule has 0 amide bonds. The van der Waals surface area contributed by atoms with Crippen LogP contribution in [0.1, 0.15) is 27.2 Å². The van der Waals surface area contributed by atoms with E-state index in [0.29, 0.717) is 5.25 Å². The molecular formula is C9H21NOS. The van der Waals surface area contributed by atoms with Gasteiger partial charge in [-0.2, -0.15) is 11.8 Å². The molecule has 0 aromatic carbocycles. The van der Waals surface area contributed by atoms with Crippen LogP contribution in [0.3, 0.4) is 0 Å². The van der Waals surface area contributed by atoms with Gasteiger partial charge in [-0.05, 0) is 18.2 Å². The first kappa shape index (κ1) is 12.3. The SMILES string of the molecule is CCCNC(CO)CSC(C)C. The van der Waals surface area contributed by atoms with Crippen molar-refractivity contribution in [2.75, 3.05) is 18.9 Å². The highest BCUT2D eigenvalue weighted by atomic mass is 32.2. The Bertz CT molecular complexity index is 98.5. The topological polar surface area (TPSA) is 32.3 Å². The summed E-state index contributed by atoms with van der Waals surface area (Å²) in [5, 5.41) is 12.9. The smallest absolute Gasteiger partial charge is 0.0592 e. The van der Waals surface area contributed by atoms with Crippen molar-refractivity contribution in [1.29, 1.82) is 0 Å². The quantitative estimate of drug-likeness (QED) is 0.639. The van der Waals surface area contributed by atoms with Gasteiger partial charge in [0, 0.05) is 11.8 Å². The molecule has 2 nitrogen and oxygen atoms in total. The highest BCUT2D eigenvalue weighted by Crippen LogP contribution is 2.10. The molecule has 0 saturated carbocycles. The fourth-order valence-corrected chi connectivity index (χ4v) is 1.67. The first-order valence-corrected chi connectivity index (χ1v) is 5.71. The molecule has 0 saturated heterocycles. The maximum absolute atomic E-state index is 8.99. The summed E-state index contributed by atoms with van der Waals surface area (Å²) >= 11 is 1.89. The summed E-state index contributed by atoms with van der Waals surface area (Å²) in [5.41, 5.74) is 0. The van der Waals surface area contributed by atoms with E-state index in [9.17, 15) is 0 Å². The van der Waals surface area contributed by atoms with E-state index in [0.717, 1.165) is 18.7 Å². The highest BCUT2D eigenvalue weighted by molar-refractivity contribution is 7.99. The van der Waals surface area contributed by atoms with Gasteiger partial charge >= 0.3 is 0 Å². The van der Waals surface area contributed by atoms with Crippen molar-refractivity contribution < 1.29 is 5.11 Å². The van der Waals surface area contributed by atoms with Gasteiger partial charge in [0.1, 0.15) is 0 Å². The lowest BCUT2D eigenvalue weighted by Gasteiger charge is -2.16. The van der Waals surface area contributed by atoms with Crippen LogP contribution in [0, 0.1) is 0 Å². The summed E-state index contributed by atoms with van der Waals surface area (Å²) < 4.78 is 0. The van der Waals surface area contributed by atoms with Crippen molar-refractivity contribution in [1.82, 2.24) is 5.32 Å². The van der Waals surface area contributed by atoms with Crippen LogP contribution in [0.25, 0.3) is 0 Å². The second-order valence-electron chi connectivity index (χ2n) is 3.22. The van der Waals surface area contributed by atoms with Crippen LogP contribution >= 0.6 is 11.8 Å². The minimum absolute atomic E-state index is 0.250. The molecule has 0 heterocycles. The van der Waals surface area contributed by atoms with Gasteiger partial charge in [-0.15, -0.1) is 0 Å². The van der Waals surface area contributed by atoms with E-state index in [4.69, 9.17) is 5.11 Å². The number of hydrogen-bond donors (Lipinski definition) is 2. The van der Waals surface area contributed by atoms with Crippen LogP contribution < -0.4 is 5.32 Å². The van der Waals surface area contributed by atoms with Gasteiger partial charge in [-0.25, -0.2) is 0 Å². The van der Waals surface area contributed by atoms with Crippen molar-refractivity contribution in [2.45, 2.75) is 38.5 Å². The Morgan fingerprint density at radius 3 is 2.50 bits per heavy atom. The molecule has 3 heteroatoms. The van der Waals surface area contributed by atoms with Gasteiger partial charge < -0.3 is 10.4 Å². The third kappa shape index (κ3) is 6.95. The maximum Gasteiger partial charge on any atom is 0.0592 e. The van der Waals surface area contributed by atoms with Crippen LogP contribution in [0.2, 0.25) is 0 Å². The molecule has 0 aromatic heterocycles. The fourth-order valence-electron chi connectivity index (χ4n) is 0.833. The molecule has 1 unspecified atom stereocenters. The second-order valence-corrected chi connectivity index (χ2v) is 4.83. The Morgan fingerprint density at radius 2 is 2.08 bits per heavy atom. The Hall–Kier alpha value is 0.270. The van der Waals surface area contributed by atoms with E-state index in [1.54, 1.807) is 0 Å². The highest BCUT2D eigenvalue weighted by Gasteiger charge is 2.06. The summed E-state index contributed by atoms with van der Waals surface area (Å²) in [4.78, 5) is 0. The van der Waals surface area contributed by atoms with E-state index in [2.05, 4.69) is 26.1 Å². The van der Waals surface area contributed by atoms with Crippen LogP contribution in [-0.2, 0) is 0 Å². The Balaban J connectivity index is 3.39. The lowest BCUT2D eigenvalue weighted by atomic mass is 10.3. The van der Waals surface area contributed by atoms with Gasteiger partial charge in [0.15, 0.2) is 0 Å². The number of rotatable bonds is 7. The molecule has 0 fully saturated rings. The molecule has 0 spiro atoms. The van der Waals surface area contributed by atoms with Crippen molar-refractivity contribution in [3.63, 3.8) is 0 Å². The first-order chi connectivity index (χ1) is 5.70. The zero-order valence-corrected chi connectivity index (χ0v) is 9.16. The van der Waals surface area contributed by atoms with Gasteiger partial charge in [-0.3, -0.25) is 0 Å². The molecule has 0 bridgehead atoms. The normalized spacial score (nSPS) is 13.8. The zero-order chi connectivity index (χ0) is 9.40. The summed E-state index contributed by atoms with van der Waals surface area (Å²) in [7, 11) is 0. The molecule has 0 aliphatic heterocycles. The molecule has 2 N–H and O–H groups in total. The Labute approximate surface area is 80.1 Å². The largest absolute Gasteiger partial charge is 0.395 e. The monoisotopic (exact) mass is 191 g/mol. The van der Waals surface area contributed by atoms with Gasteiger partial charge in [0.05, 0.1) is 6.61 Å². The van der Waals surface area contributed by atoms with E-state index in [1.807, 2.05) is 11.8 Å². The average molecular weight is 191 g/mol. The maximum atomic E-state index is 8.99. The lowest BCUT2D eigenvalue weighted by Crippen LogP contribution is -2.35. The molecule has 1 atom stereocenters. The minimum atomic E-state index is 0.250. The summed E-state index contributed by atoms with van der Waals surface area (Å²) in [6, 6.07) is 0.275. The number of nitrogens with one attached hydrogen (secondary N) is 1. The van der Waals surface area contributed by atoms with Gasteiger partial charge in [0.25, 0.3) is 0 Å². The molecule has 0 radical (unpaired) electrons. The van der Waals surface area contributed by atoms with E-state index in [-0.39, 0.29) is 12.6 Å². The van der Waals surface area contributed by atoms with E-state index in [1.165, 1.54) is 0 Å². The van der Waals surface area contributed by atoms with E-state index >= 15 is 0 Å². The minimum Gasteiger partial charge on any atom is -0.395 e. The summed E-state index contributed by atoms with van der Waals surface area (Å²) in [6.45, 7) is 7.75. The standard InChI is InChI=1S/C9H21NOS/c1-4-5-10-9(6-11)7-12-8(2)3/h8-11H,4-7H2,1-3H3. The van der Waals surface area contributed by atoms with Crippen molar-refractivity contribution >= 4 is 11.8 Å². The van der Waals surface area contributed by atoms with Gasteiger partial charge in [-0.1, -0.05) is 20.8 Å². The molecule has 0 aromatic rings. The van der Waals surface area contributed by atoms with Crippen LogP contribution in [0.4, 0.5) is 0 Å². The predicted molar refractivity (Wildman–Crippen MR) is 56.8 cm³/mol. The summed E-state index contributed by atoms with van der Waals surface area (Å²) in [5.74, 6) is 1.01. The number of hydrogen-bond acceptors (Lipinski definition) is 3. The second kappa shape index (κ2) is 7.90. The lowest BCUT2D eigenvalue weighted by molar-refractivity contribution is 0.254. The first-order valence-electron chi connectivity index (χ1n) is 4.66. The van der Waals surface area contributed by atoms with Gasteiger partial charge in [0.2, 0.25) is 0 Å². The molecule has 0 aliphatic rings. The van der Waals surface area contributed by atoms with Crippen molar-refractivity contribution in [3.05, 3.63) is 0 Å². The number of thioether (sulfide) groups is 1. The molecular weight excluding hydrogens is 170 g/mol. The molecule has 12 heavy (non-hydrogen) atoms.